The van der Waals surface area contributed by atoms with Gasteiger partial charge in [0.1, 0.15) is 12.1 Å². The molecule has 3 aromatic heterocycles. The fourth-order valence-corrected chi connectivity index (χ4v) is 3.10. The molecule has 0 atom stereocenters. The number of piperazine rings is 1. The Balaban J connectivity index is 1.41. The molecule has 0 N–H and O–H groups in total. The van der Waals surface area contributed by atoms with Crippen LogP contribution in [0.4, 0.5) is 5.82 Å². The largest absolute Gasteiger partial charge is 0.354 e. The fraction of sp³-hybridized carbons (Fsp3) is 0.412. The zero-order valence-corrected chi connectivity index (χ0v) is 14.6. The van der Waals surface area contributed by atoms with Gasteiger partial charge in [-0.3, -0.25) is 9.58 Å². The van der Waals surface area contributed by atoms with Crippen LogP contribution < -0.4 is 4.90 Å². The molecule has 1 aliphatic rings. The third-order valence-corrected chi connectivity index (χ3v) is 4.60. The predicted octanol–water partition coefficient (Wildman–Crippen LogP) is 1.03. The Morgan fingerprint density at radius 2 is 1.84 bits per heavy atom. The SMILES string of the molecule is Cc1ccn(-c2cc(N3CCN(Cc4ccnn4C)CC3)ncn2)n1. The van der Waals surface area contributed by atoms with Gasteiger partial charge in [-0.05, 0) is 19.1 Å². The first-order chi connectivity index (χ1) is 12.2. The van der Waals surface area contributed by atoms with Crippen LogP contribution in [0.2, 0.25) is 0 Å². The van der Waals surface area contributed by atoms with E-state index in [0.29, 0.717) is 0 Å². The van der Waals surface area contributed by atoms with Crippen molar-refractivity contribution in [2.75, 3.05) is 31.1 Å². The van der Waals surface area contributed by atoms with Crippen molar-refractivity contribution in [3.05, 3.63) is 48.3 Å². The molecule has 1 aliphatic heterocycles. The van der Waals surface area contributed by atoms with Crippen molar-refractivity contribution in [2.45, 2.75) is 13.5 Å². The zero-order chi connectivity index (χ0) is 17.2. The van der Waals surface area contributed by atoms with E-state index in [0.717, 1.165) is 50.1 Å². The molecule has 8 heteroatoms. The van der Waals surface area contributed by atoms with Crippen LogP contribution in [0, 0.1) is 6.92 Å². The van der Waals surface area contributed by atoms with Gasteiger partial charge in [0, 0.05) is 58.2 Å². The second-order valence-corrected chi connectivity index (χ2v) is 6.35. The first-order valence-corrected chi connectivity index (χ1v) is 8.48. The molecule has 4 heterocycles. The lowest BCUT2D eigenvalue weighted by atomic mass is 10.3. The summed E-state index contributed by atoms with van der Waals surface area (Å²) in [5, 5.41) is 8.66. The van der Waals surface area contributed by atoms with Gasteiger partial charge in [0.25, 0.3) is 0 Å². The van der Waals surface area contributed by atoms with E-state index in [1.54, 1.807) is 11.0 Å². The molecule has 1 saturated heterocycles. The summed E-state index contributed by atoms with van der Waals surface area (Å²) in [5.41, 5.74) is 2.22. The molecule has 130 valence electrons. The fourth-order valence-electron chi connectivity index (χ4n) is 3.10. The molecule has 0 aliphatic carbocycles. The molecule has 0 saturated carbocycles. The summed E-state index contributed by atoms with van der Waals surface area (Å²) < 4.78 is 3.73. The van der Waals surface area contributed by atoms with E-state index in [1.807, 2.05) is 43.2 Å². The zero-order valence-electron chi connectivity index (χ0n) is 14.6. The Morgan fingerprint density at radius 1 is 1.04 bits per heavy atom. The van der Waals surface area contributed by atoms with E-state index in [4.69, 9.17) is 0 Å². The van der Waals surface area contributed by atoms with Crippen molar-refractivity contribution in [3.63, 3.8) is 0 Å². The van der Waals surface area contributed by atoms with Crippen LogP contribution in [0.5, 0.6) is 0 Å². The van der Waals surface area contributed by atoms with Gasteiger partial charge < -0.3 is 4.90 Å². The van der Waals surface area contributed by atoms with Crippen molar-refractivity contribution in [1.29, 1.82) is 0 Å². The molecular weight excluding hydrogens is 316 g/mol. The van der Waals surface area contributed by atoms with Crippen LogP contribution in [-0.4, -0.2) is 60.6 Å². The summed E-state index contributed by atoms with van der Waals surface area (Å²) in [6.45, 7) is 6.82. The monoisotopic (exact) mass is 338 g/mol. The van der Waals surface area contributed by atoms with Crippen LogP contribution in [0.1, 0.15) is 11.4 Å². The molecular formula is C17H22N8. The second kappa shape index (κ2) is 6.64. The normalized spacial score (nSPS) is 15.7. The summed E-state index contributed by atoms with van der Waals surface area (Å²) in [4.78, 5) is 13.5. The molecule has 0 unspecified atom stereocenters. The first-order valence-electron chi connectivity index (χ1n) is 8.48. The van der Waals surface area contributed by atoms with Crippen molar-refractivity contribution in [3.8, 4) is 5.82 Å². The lowest BCUT2D eigenvalue weighted by Crippen LogP contribution is -2.46. The Morgan fingerprint density at radius 3 is 2.52 bits per heavy atom. The Hall–Kier alpha value is -2.74. The van der Waals surface area contributed by atoms with Gasteiger partial charge in [0.2, 0.25) is 0 Å². The Labute approximate surface area is 146 Å². The summed E-state index contributed by atoms with van der Waals surface area (Å²) in [5.74, 6) is 1.76. The van der Waals surface area contributed by atoms with Crippen LogP contribution >= 0.6 is 0 Å². The molecule has 0 amide bonds. The molecule has 3 aromatic rings. The first kappa shape index (κ1) is 15.8. The molecule has 25 heavy (non-hydrogen) atoms. The van der Waals surface area contributed by atoms with Crippen LogP contribution in [-0.2, 0) is 13.6 Å². The highest BCUT2D eigenvalue weighted by molar-refractivity contribution is 5.43. The van der Waals surface area contributed by atoms with E-state index in [-0.39, 0.29) is 0 Å². The van der Waals surface area contributed by atoms with Crippen molar-refractivity contribution in [1.82, 2.24) is 34.4 Å². The number of hydrogen-bond acceptors (Lipinski definition) is 6. The average Bonchev–Trinajstić information content (AvgIpc) is 3.25. The van der Waals surface area contributed by atoms with Gasteiger partial charge >= 0.3 is 0 Å². The standard InChI is InChI=1S/C17H22N8/c1-14-4-6-25(21-14)17-11-16(18-13-19-17)24-9-7-23(8-10-24)12-15-3-5-20-22(15)2/h3-6,11,13H,7-10,12H2,1-2H3. The molecule has 0 radical (unpaired) electrons. The maximum atomic E-state index is 4.45. The van der Waals surface area contributed by atoms with E-state index in [1.165, 1.54) is 5.69 Å². The minimum Gasteiger partial charge on any atom is -0.354 e. The minimum absolute atomic E-state index is 0.801. The number of aromatic nitrogens is 6. The predicted molar refractivity (Wildman–Crippen MR) is 94.6 cm³/mol. The Bertz CT molecular complexity index is 844. The summed E-state index contributed by atoms with van der Waals surface area (Å²) in [6, 6.07) is 6.05. The lowest BCUT2D eigenvalue weighted by molar-refractivity contribution is 0.243. The highest BCUT2D eigenvalue weighted by atomic mass is 15.3. The number of nitrogens with zero attached hydrogens (tertiary/aromatic N) is 8. The molecule has 0 aromatic carbocycles. The van der Waals surface area contributed by atoms with Crippen molar-refractivity contribution in [2.24, 2.45) is 7.05 Å². The van der Waals surface area contributed by atoms with Gasteiger partial charge in [0.15, 0.2) is 5.82 Å². The second-order valence-electron chi connectivity index (χ2n) is 6.35. The molecule has 1 fully saturated rings. The van der Waals surface area contributed by atoms with Crippen molar-refractivity contribution < 1.29 is 0 Å². The summed E-state index contributed by atoms with van der Waals surface area (Å²) in [7, 11) is 1.99. The van der Waals surface area contributed by atoms with E-state index >= 15 is 0 Å². The number of hydrogen-bond donors (Lipinski definition) is 0. The minimum atomic E-state index is 0.801. The van der Waals surface area contributed by atoms with Gasteiger partial charge in [-0.1, -0.05) is 0 Å². The lowest BCUT2D eigenvalue weighted by Gasteiger charge is -2.35. The maximum absolute atomic E-state index is 4.45. The van der Waals surface area contributed by atoms with Gasteiger partial charge in [-0.15, -0.1) is 0 Å². The highest BCUT2D eigenvalue weighted by Gasteiger charge is 2.19. The summed E-state index contributed by atoms with van der Waals surface area (Å²) in [6.07, 6.45) is 5.39. The van der Waals surface area contributed by atoms with Crippen molar-refractivity contribution >= 4 is 5.82 Å². The highest BCUT2D eigenvalue weighted by Crippen LogP contribution is 2.17. The molecule has 0 bridgehead atoms. The van der Waals surface area contributed by atoms with Gasteiger partial charge in [0.05, 0.1) is 11.4 Å². The van der Waals surface area contributed by atoms with E-state index in [9.17, 15) is 0 Å². The topological polar surface area (TPSA) is 67.9 Å². The number of aryl methyl sites for hydroxylation is 2. The van der Waals surface area contributed by atoms with Gasteiger partial charge in [-0.25, -0.2) is 14.6 Å². The summed E-state index contributed by atoms with van der Waals surface area (Å²) >= 11 is 0. The average molecular weight is 338 g/mol. The molecule has 8 nitrogen and oxygen atoms in total. The van der Waals surface area contributed by atoms with Crippen LogP contribution in [0.25, 0.3) is 5.82 Å². The third kappa shape index (κ3) is 3.39. The quantitative estimate of drug-likeness (QED) is 0.708. The number of anilines is 1. The third-order valence-electron chi connectivity index (χ3n) is 4.60. The van der Waals surface area contributed by atoms with Crippen LogP contribution in [0.3, 0.4) is 0 Å². The van der Waals surface area contributed by atoms with Gasteiger partial charge in [-0.2, -0.15) is 10.2 Å². The number of rotatable bonds is 4. The maximum Gasteiger partial charge on any atom is 0.158 e. The molecule has 0 spiro atoms. The smallest absolute Gasteiger partial charge is 0.158 e. The van der Waals surface area contributed by atoms with E-state index < -0.39 is 0 Å². The molecule has 4 rings (SSSR count). The van der Waals surface area contributed by atoms with E-state index in [2.05, 4.69) is 36.0 Å². The Kier molecular flexibility index (Phi) is 4.19. The van der Waals surface area contributed by atoms with Crippen LogP contribution in [0.15, 0.2) is 36.9 Å².